The lowest BCUT2D eigenvalue weighted by Gasteiger charge is -2.17. The number of carbonyl (C=O) groups is 2. The maximum Gasteiger partial charge on any atom is 0.320 e. The number of thiazole rings is 1. The summed E-state index contributed by atoms with van der Waals surface area (Å²) in [6, 6.07) is -0.728. The molecule has 3 N–H and O–H groups in total. The van der Waals surface area contributed by atoms with Crippen molar-refractivity contribution in [1.82, 2.24) is 10.3 Å². The fourth-order valence-corrected chi connectivity index (χ4v) is 2.09. The number of nitrogens with one attached hydrogen (secondary N) is 2. The number of aryl methyl sites for hydroxylation is 1. The summed E-state index contributed by atoms with van der Waals surface area (Å²) in [6.07, 6.45) is 0. The fraction of sp³-hybridized carbons (Fsp3) is 0.545. The standard InChI is InChI=1S/C11H17N3O3S/c1-6(2)9(10(16)17)12-4-8(15)14-11-13-7(3)5-18-11/h5-6,9,12H,4H2,1-3H3,(H,16,17)(H,13,14,15). The largest absolute Gasteiger partial charge is 0.480 e. The maximum atomic E-state index is 11.6. The number of aliphatic carboxylic acids is 1. The van der Waals surface area contributed by atoms with Crippen molar-refractivity contribution in [2.24, 2.45) is 5.92 Å². The predicted molar refractivity (Wildman–Crippen MR) is 69.7 cm³/mol. The van der Waals surface area contributed by atoms with Crippen LogP contribution in [0.15, 0.2) is 5.38 Å². The van der Waals surface area contributed by atoms with E-state index in [2.05, 4.69) is 15.6 Å². The van der Waals surface area contributed by atoms with E-state index in [0.29, 0.717) is 5.13 Å². The van der Waals surface area contributed by atoms with Crippen LogP contribution in [0.4, 0.5) is 5.13 Å². The number of hydrogen-bond acceptors (Lipinski definition) is 5. The quantitative estimate of drug-likeness (QED) is 0.720. The number of aromatic nitrogens is 1. The number of carbonyl (C=O) groups excluding carboxylic acids is 1. The number of hydrogen-bond donors (Lipinski definition) is 3. The van der Waals surface area contributed by atoms with Gasteiger partial charge in [-0.05, 0) is 12.8 Å². The van der Waals surface area contributed by atoms with Crippen molar-refractivity contribution in [1.29, 1.82) is 0 Å². The third-order valence-electron chi connectivity index (χ3n) is 2.28. The molecule has 0 saturated heterocycles. The minimum atomic E-state index is -0.956. The average Bonchev–Trinajstić information content (AvgIpc) is 2.62. The monoisotopic (exact) mass is 271 g/mol. The van der Waals surface area contributed by atoms with Gasteiger partial charge in [-0.25, -0.2) is 4.98 Å². The molecular weight excluding hydrogens is 254 g/mol. The molecule has 0 aliphatic rings. The van der Waals surface area contributed by atoms with E-state index < -0.39 is 12.0 Å². The van der Waals surface area contributed by atoms with Crippen LogP contribution in [-0.4, -0.2) is 34.6 Å². The van der Waals surface area contributed by atoms with E-state index in [-0.39, 0.29) is 18.4 Å². The van der Waals surface area contributed by atoms with Crippen LogP contribution in [0.5, 0.6) is 0 Å². The summed E-state index contributed by atoms with van der Waals surface area (Å²) in [5, 5.41) is 16.6. The third-order valence-corrected chi connectivity index (χ3v) is 3.16. The maximum absolute atomic E-state index is 11.6. The Labute approximate surface area is 109 Å². The van der Waals surface area contributed by atoms with Gasteiger partial charge < -0.3 is 10.4 Å². The average molecular weight is 271 g/mol. The number of nitrogens with zero attached hydrogens (tertiary/aromatic N) is 1. The molecule has 100 valence electrons. The van der Waals surface area contributed by atoms with Crippen LogP contribution in [0.1, 0.15) is 19.5 Å². The van der Waals surface area contributed by atoms with Gasteiger partial charge in [-0.2, -0.15) is 0 Å². The van der Waals surface area contributed by atoms with Gasteiger partial charge in [-0.15, -0.1) is 11.3 Å². The van der Waals surface area contributed by atoms with Crippen molar-refractivity contribution in [3.05, 3.63) is 11.1 Å². The first-order valence-electron chi connectivity index (χ1n) is 5.58. The second-order valence-corrected chi connectivity index (χ2v) is 5.14. The number of carboxylic acids is 1. The first-order chi connectivity index (χ1) is 8.40. The van der Waals surface area contributed by atoms with Gasteiger partial charge >= 0.3 is 5.97 Å². The zero-order chi connectivity index (χ0) is 13.7. The topological polar surface area (TPSA) is 91.3 Å². The summed E-state index contributed by atoms with van der Waals surface area (Å²) in [7, 11) is 0. The highest BCUT2D eigenvalue weighted by molar-refractivity contribution is 7.13. The molecule has 1 atom stereocenters. The van der Waals surface area contributed by atoms with Gasteiger partial charge in [0.1, 0.15) is 6.04 Å². The number of rotatable bonds is 6. The Hall–Kier alpha value is -1.47. The molecule has 1 unspecified atom stereocenters. The minimum Gasteiger partial charge on any atom is -0.480 e. The molecule has 1 rings (SSSR count). The van der Waals surface area contributed by atoms with Crippen molar-refractivity contribution in [3.8, 4) is 0 Å². The van der Waals surface area contributed by atoms with Crippen LogP contribution in [0, 0.1) is 12.8 Å². The van der Waals surface area contributed by atoms with Crippen LogP contribution in [0.25, 0.3) is 0 Å². The van der Waals surface area contributed by atoms with Crippen molar-refractivity contribution >= 4 is 28.3 Å². The molecule has 1 heterocycles. The summed E-state index contributed by atoms with van der Waals surface area (Å²) in [5.41, 5.74) is 0.842. The zero-order valence-electron chi connectivity index (χ0n) is 10.6. The Kier molecular flexibility index (Phi) is 5.24. The van der Waals surface area contributed by atoms with Gasteiger partial charge in [0.2, 0.25) is 5.91 Å². The SMILES string of the molecule is Cc1csc(NC(=O)CNC(C(=O)O)C(C)C)n1. The predicted octanol–water partition coefficient (Wildman–Crippen LogP) is 1.09. The van der Waals surface area contributed by atoms with Crippen molar-refractivity contribution in [2.45, 2.75) is 26.8 Å². The van der Waals surface area contributed by atoms with Crippen molar-refractivity contribution in [2.75, 3.05) is 11.9 Å². The molecule has 0 radical (unpaired) electrons. The Bertz CT molecular complexity index is 431. The van der Waals surface area contributed by atoms with E-state index >= 15 is 0 Å². The molecule has 0 fully saturated rings. The van der Waals surface area contributed by atoms with Gasteiger partial charge in [-0.3, -0.25) is 14.9 Å². The molecule has 7 heteroatoms. The highest BCUT2D eigenvalue weighted by Gasteiger charge is 2.21. The van der Waals surface area contributed by atoms with Gasteiger partial charge in [-0.1, -0.05) is 13.8 Å². The molecule has 0 aromatic carbocycles. The molecule has 0 saturated carbocycles. The Balaban J connectivity index is 2.43. The van der Waals surface area contributed by atoms with Crippen LogP contribution in [-0.2, 0) is 9.59 Å². The molecule has 0 spiro atoms. The number of anilines is 1. The van der Waals surface area contributed by atoms with Crippen molar-refractivity contribution in [3.63, 3.8) is 0 Å². The van der Waals surface area contributed by atoms with E-state index in [1.54, 1.807) is 13.8 Å². The van der Waals surface area contributed by atoms with Gasteiger partial charge in [0, 0.05) is 5.38 Å². The van der Waals surface area contributed by atoms with Crippen LogP contribution >= 0.6 is 11.3 Å². The van der Waals surface area contributed by atoms with Crippen LogP contribution in [0.3, 0.4) is 0 Å². The normalized spacial score (nSPS) is 12.4. The van der Waals surface area contributed by atoms with E-state index in [9.17, 15) is 9.59 Å². The molecule has 1 aromatic rings. The molecule has 1 amide bonds. The molecular formula is C11H17N3O3S. The van der Waals surface area contributed by atoms with Gasteiger partial charge in [0.05, 0.1) is 12.2 Å². The van der Waals surface area contributed by atoms with E-state index in [1.165, 1.54) is 11.3 Å². The minimum absolute atomic E-state index is 0.0478. The molecule has 6 nitrogen and oxygen atoms in total. The smallest absolute Gasteiger partial charge is 0.320 e. The van der Waals surface area contributed by atoms with E-state index in [0.717, 1.165) is 5.69 Å². The molecule has 0 aliphatic heterocycles. The third kappa shape index (κ3) is 4.42. The summed E-state index contributed by atoms with van der Waals surface area (Å²) in [4.78, 5) is 26.6. The summed E-state index contributed by atoms with van der Waals surface area (Å²) in [5.74, 6) is -1.34. The zero-order valence-corrected chi connectivity index (χ0v) is 11.4. The highest BCUT2D eigenvalue weighted by atomic mass is 32.1. The molecule has 18 heavy (non-hydrogen) atoms. The van der Waals surface area contributed by atoms with Gasteiger partial charge in [0.15, 0.2) is 5.13 Å². The van der Waals surface area contributed by atoms with E-state index in [4.69, 9.17) is 5.11 Å². The Morgan fingerprint density at radius 1 is 1.50 bits per heavy atom. The molecule has 0 bridgehead atoms. The van der Waals surface area contributed by atoms with Crippen LogP contribution < -0.4 is 10.6 Å². The lowest BCUT2D eigenvalue weighted by atomic mass is 10.1. The summed E-state index contributed by atoms with van der Waals surface area (Å²) >= 11 is 1.34. The van der Waals surface area contributed by atoms with E-state index in [1.807, 2.05) is 12.3 Å². The molecule has 0 aliphatic carbocycles. The summed E-state index contributed by atoms with van der Waals surface area (Å²) in [6.45, 7) is 5.36. The first-order valence-corrected chi connectivity index (χ1v) is 6.46. The lowest BCUT2D eigenvalue weighted by Crippen LogP contribution is -2.44. The second-order valence-electron chi connectivity index (χ2n) is 4.28. The number of carboxylic acid groups (broad SMARTS) is 1. The van der Waals surface area contributed by atoms with Crippen LogP contribution in [0.2, 0.25) is 0 Å². The molecule has 1 aromatic heterocycles. The lowest BCUT2D eigenvalue weighted by molar-refractivity contribution is -0.140. The number of amides is 1. The Morgan fingerprint density at radius 3 is 2.61 bits per heavy atom. The highest BCUT2D eigenvalue weighted by Crippen LogP contribution is 2.13. The first kappa shape index (κ1) is 14.6. The van der Waals surface area contributed by atoms with Crippen molar-refractivity contribution < 1.29 is 14.7 Å². The fourth-order valence-electron chi connectivity index (χ4n) is 1.39. The summed E-state index contributed by atoms with van der Waals surface area (Å²) < 4.78 is 0. The second kappa shape index (κ2) is 6.46. The Morgan fingerprint density at radius 2 is 2.17 bits per heavy atom. The van der Waals surface area contributed by atoms with Gasteiger partial charge in [0.25, 0.3) is 0 Å².